The molecule has 0 spiro atoms. The summed E-state index contributed by atoms with van der Waals surface area (Å²) in [6.45, 7) is 1.92. The third-order valence-electron chi connectivity index (χ3n) is 2.73. The first-order valence-electron chi connectivity index (χ1n) is 5.55. The van der Waals surface area contributed by atoms with Gasteiger partial charge in [-0.1, -0.05) is 12.1 Å². The largest absolute Gasteiger partial charge is 0.398 e. The van der Waals surface area contributed by atoms with E-state index in [-0.39, 0.29) is 5.78 Å². The molecule has 18 heavy (non-hydrogen) atoms. The Bertz CT molecular complexity index is 596. The molecule has 0 aliphatic carbocycles. The monoisotopic (exact) mass is 304 g/mol. The zero-order valence-corrected chi connectivity index (χ0v) is 11.6. The van der Waals surface area contributed by atoms with Gasteiger partial charge in [0.25, 0.3) is 0 Å². The molecule has 2 aromatic rings. The first-order valence-corrected chi connectivity index (χ1v) is 6.34. The Morgan fingerprint density at radius 3 is 2.78 bits per heavy atom. The highest BCUT2D eigenvalue weighted by Crippen LogP contribution is 2.16. The molecule has 0 atom stereocenters. The number of nitrogens with two attached hydrogens (primary N) is 1. The van der Waals surface area contributed by atoms with Crippen molar-refractivity contribution in [3.05, 3.63) is 57.8 Å². The van der Waals surface area contributed by atoms with Gasteiger partial charge in [0.2, 0.25) is 0 Å². The molecular formula is C14H13BrN2O. The van der Waals surface area contributed by atoms with Crippen molar-refractivity contribution in [3.8, 4) is 0 Å². The number of aryl methyl sites for hydroxylation is 1. The van der Waals surface area contributed by atoms with Crippen LogP contribution in [0, 0.1) is 6.92 Å². The maximum Gasteiger partial charge on any atom is 0.167 e. The SMILES string of the molecule is Cc1ccc(C(=O)Cc2cncc(Br)c2)cc1N. The van der Waals surface area contributed by atoms with Crippen LogP contribution in [0.3, 0.4) is 0 Å². The molecule has 0 bridgehead atoms. The zero-order chi connectivity index (χ0) is 13.1. The van der Waals surface area contributed by atoms with Gasteiger partial charge in [0.15, 0.2) is 5.78 Å². The van der Waals surface area contributed by atoms with Crippen molar-refractivity contribution in [2.24, 2.45) is 0 Å². The predicted octanol–water partition coefficient (Wildman–Crippen LogP) is 3.16. The number of carbonyl (C=O) groups is 1. The van der Waals surface area contributed by atoms with E-state index in [1.165, 1.54) is 0 Å². The molecule has 1 aromatic heterocycles. The van der Waals surface area contributed by atoms with Crippen LogP contribution in [0.1, 0.15) is 21.5 Å². The van der Waals surface area contributed by atoms with Crippen molar-refractivity contribution in [1.29, 1.82) is 0 Å². The second-order valence-electron chi connectivity index (χ2n) is 4.18. The fourth-order valence-corrected chi connectivity index (χ4v) is 2.07. The molecule has 0 saturated carbocycles. The van der Waals surface area contributed by atoms with Gasteiger partial charge in [-0.3, -0.25) is 9.78 Å². The minimum Gasteiger partial charge on any atom is -0.398 e. The lowest BCUT2D eigenvalue weighted by atomic mass is 10.0. The first-order chi connectivity index (χ1) is 8.56. The standard InChI is InChI=1S/C14H13BrN2O/c1-9-2-3-11(6-13(9)16)14(18)5-10-4-12(15)8-17-7-10/h2-4,6-8H,5,16H2,1H3. The van der Waals surface area contributed by atoms with Gasteiger partial charge in [0.1, 0.15) is 0 Å². The number of nitrogen functional groups attached to an aromatic ring is 1. The molecule has 4 heteroatoms. The Hall–Kier alpha value is -1.68. The van der Waals surface area contributed by atoms with Gasteiger partial charge >= 0.3 is 0 Å². The zero-order valence-electron chi connectivity index (χ0n) is 9.98. The Kier molecular flexibility index (Phi) is 3.77. The highest BCUT2D eigenvalue weighted by Gasteiger charge is 2.08. The lowest BCUT2D eigenvalue weighted by Crippen LogP contribution is -2.05. The summed E-state index contributed by atoms with van der Waals surface area (Å²) >= 11 is 3.34. The van der Waals surface area contributed by atoms with Crippen LogP contribution in [0.15, 0.2) is 41.1 Å². The molecule has 92 valence electrons. The number of pyridine rings is 1. The second-order valence-corrected chi connectivity index (χ2v) is 5.10. The fourth-order valence-electron chi connectivity index (χ4n) is 1.65. The van der Waals surface area contributed by atoms with Gasteiger partial charge in [-0.2, -0.15) is 0 Å². The number of hydrogen-bond acceptors (Lipinski definition) is 3. The number of aromatic nitrogens is 1. The van der Waals surface area contributed by atoms with Crippen molar-refractivity contribution in [1.82, 2.24) is 4.98 Å². The Morgan fingerprint density at radius 2 is 2.11 bits per heavy atom. The number of hydrogen-bond donors (Lipinski definition) is 1. The highest BCUT2D eigenvalue weighted by molar-refractivity contribution is 9.10. The minimum atomic E-state index is 0.0431. The van der Waals surface area contributed by atoms with E-state index in [4.69, 9.17) is 5.73 Å². The molecular weight excluding hydrogens is 292 g/mol. The average molecular weight is 305 g/mol. The maximum atomic E-state index is 12.1. The molecule has 0 radical (unpaired) electrons. The van der Waals surface area contributed by atoms with E-state index < -0.39 is 0 Å². The Balaban J connectivity index is 2.19. The van der Waals surface area contributed by atoms with Crippen molar-refractivity contribution >= 4 is 27.4 Å². The molecule has 0 amide bonds. The van der Waals surface area contributed by atoms with Crippen molar-refractivity contribution < 1.29 is 4.79 Å². The van der Waals surface area contributed by atoms with Gasteiger partial charge in [0.05, 0.1) is 0 Å². The van der Waals surface area contributed by atoms with Crippen LogP contribution in [0.25, 0.3) is 0 Å². The summed E-state index contributed by atoms with van der Waals surface area (Å²) in [6, 6.07) is 7.28. The summed E-state index contributed by atoms with van der Waals surface area (Å²) in [5.74, 6) is 0.0431. The first kappa shape index (κ1) is 12.8. The molecule has 3 nitrogen and oxygen atoms in total. The summed E-state index contributed by atoms with van der Waals surface area (Å²) in [4.78, 5) is 16.1. The summed E-state index contributed by atoms with van der Waals surface area (Å²) < 4.78 is 0.872. The number of nitrogens with zero attached hydrogens (tertiary/aromatic N) is 1. The molecule has 1 heterocycles. The normalized spacial score (nSPS) is 10.3. The number of anilines is 1. The maximum absolute atomic E-state index is 12.1. The predicted molar refractivity (Wildman–Crippen MR) is 75.6 cm³/mol. The molecule has 0 aliphatic rings. The van der Waals surface area contributed by atoms with Gasteiger partial charge < -0.3 is 5.73 Å². The van der Waals surface area contributed by atoms with Crippen LogP contribution in [-0.4, -0.2) is 10.8 Å². The summed E-state index contributed by atoms with van der Waals surface area (Å²) in [5.41, 5.74) is 8.95. The van der Waals surface area contributed by atoms with Crippen molar-refractivity contribution in [3.63, 3.8) is 0 Å². The third kappa shape index (κ3) is 2.96. The van der Waals surface area contributed by atoms with Crippen molar-refractivity contribution in [2.45, 2.75) is 13.3 Å². The van der Waals surface area contributed by atoms with E-state index in [9.17, 15) is 4.79 Å². The number of ketones is 1. The van der Waals surface area contributed by atoms with Crippen molar-refractivity contribution in [2.75, 3.05) is 5.73 Å². The summed E-state index contributed by atoms with van der Waals surface area (Å²) in [6.07, 6.45) is 3.72. The smallest absolute Gasteiger partial charge is 0.167 e. The van der Waals surface area contributed by atoms with Crippen LogP contribution < -0.4 is 5.73 Å². The number of carbonyl (C=O) groups excluding carboxylic acids is 1. The van der Waals surface area contributed by atoms with E-state index in [1.807, 2.05) is 19.1 Å². The fraction of sp³-hybridized carbons (Fsp3) is 0.143. The number of benzene rings is 1. The molecule has 2 N–H and O–H groups in total. The molecule has 1 aromatic carbocycles. The third-order valence-corrected chi connectivity index (χ3v) is 3.16. The van der Waals surface area contributed by atoms with Gasteiger partial charge in [-0.05, 0) is 46.1 Å². The van der Waals surface area contributed by atoms with Crippen LogP contribution in [0.4, 0.5) is 5.69 Å². The van der Waals surface area contributed by atoms with Crippen LogP contribution in [0.5, 0.6) is 0 Å². The lowest BCUT2D eigenvalue weighted by Gasteiger charge is -2.05. The minimum absolute atomic E-state index is 0.0431. The van der Waals surface area contributed by atoms with Crippen LogP contribution in [-0.2, 0) is 6.42 Å². The van der Waals surface area contributed by atoms with E-state index in [2.05, 4.69) is 20.9 Å². The highest BCUT2D eigenvalue weighted by atomic mass is 79.9. The molecule has 2 rings (SSSR count). The quantitative estimate of drug-likeness (QED) is 0.700. The van der Waals surface area contributed by atoms with Crippen LogP contribution in [0.2, 0.25) is 0 Å². The number of halogens is 1. The van der Waals surface area contributed by atoms with Gasteiger partial charge in [0, 0.05) is 34.5 Å². The van der Waals surface area contributed by atoms with Crippen LogP contribution >= 0.6 is 15.9 Å². The molecule has 0 saturated heterocycles. The van der Waals surface area contributed by atoms with E-state index in [0.29, 0.717) is 17.7 Å². The molecule has 0 aliphatic heterocycles. The van der Waals surface area contributed by atoms with E-state index in [1.54, 1.807) is 24.5 Å². The second kappa shape index (κ2) is 5.31. The lowest BCUT2D eigenvalue weighted by molar-refractivity contribution is 0.0993. The summed E-state index contributed by atoms with van der Waals surface area (Å²) in [5, 5.41) is 0. The molecule has 0 fully saturated rings. The Morgan fingerprint density at radius 1 is 1.33 bits per heavy atom. The molecule has 0 unspecified atom stereocenters. The summed E-state index contributed by atoms with van der Waals surface area (Å²) in [7, 11) is 0. The average Bonchev–Trinajstić information content (AvgIpc) is 2.32. The van der Waals surface area contributed by atoms with Gasteiger partial charge in [-0.25, -0.2) is 0 Å². The number of Topliss-reactive ketones (excluding diaryl/α,β-unsaturated/α-hetero) is 1. The van der Waals surface area contributed by atoms with E-state index >= 15 is 0 Å². The Labute approximate surface area is 114 Å². The van der Waals surface area contributed by atoms with Gasteiger partial charge in [-0.15, -0.1) is 0 Å². The number of rotatable bonds is 3. The topological polar surface area (TPSA) is 56.0 Å². The van der Waals surface area contributed by atoms with E-state index in [0.717, 1.165) is 15.6 Å².